The first-order valence-corrected chi connectivity index (χ1v) is 11.0. The maximum absolute atomic E-state index is 12.4. The molecule has 0 heterocycles. The van der Waals surface area contributed by atoms with Crippen LogP contribution in [0.5, 0.6) is 11.5 Å². The number of amides is 2. The molecule has 3 N–H and O–H groups in total. The van der Waals surface area contributed by atoms with Crippen LogP contribution < -0.4 is 25.6 Å². The molecule has 7 nitrogen and oxygen atoms in total. The van der Waals surface area contributed by atoms with Crippen molar-refractivity contribution in [1.82, 2.24) is 16.2 Å². The predicted octanol–water partition coefficient (Wildman–Crippen LogP) is 3.82. The Labute approximate surface area is 203 Å². The third-order valence-corrected chi connectivity index (χ3v) is 4.83. The lowest BCUT2D eigenvalue weighted by Gasteiger charge is -2.13. The van der Waals surface area contributed by atoms with E-state index in [1.807, 2.05) is 30.3 Å². The van der Waals surface area contributed by atoms with Crippen molar-refractivity contribution in [3.63, 3.8) is 0 Å². The van der Waals surface area contributed by atoms with Crippen molar-refractivity contribution in [1.29, 1.82) is 0 Å². The molecule has 174 valence electrons. The number of carbonyl (C=O) groups is 2. The van der Waals surface area contributed by atoms with E-state index in [0.717, 1.165) is 6.42 Å². The summed E-state index contributed by atoms with van der Waals surface area (Å²) in [7, 11) is 0. The average Bonchev–Trinajstić information content (AvgIpc) is 2.87. The van der Waals surface area contributed by atoms with Gasteiger partial charge in [-0.2, -0.15) is 0 Å². The van der Waals surface area contributed by atoms with Crippen LogP contribution in [-0.4, -0.2) is 30.1 Å². The Morgan fingerprint density at radius 2 is 1.56 bits per heavy atom. The highest BCUT2D eigenvalue weighted by Crippen LogP contribution is 2.17. The van der Waals surface area contributed by atoms with E-state index >= 15 is 0 Å². The third kappa shape index (κ3) is 7.46. The number of nitrogens with one attached hydrogen (secondary N) is 3. The summed E-state index contributed by atoms with van der Waals surface area (Å²) in [5.41, 5.74) is 6.87. The SMILES string of the molecule is C=CCOc1ccccc1C(=O)NNC(=S)NC(=O)c1ccc(OCCc2ccccc2)cc1. The molecule has 0 saturated heterocycles. The monoisotopic (exact) mass is 475 g/mol. The highest BCUT2D eigenvalue weighted by Gasteiger charge is 2.13. The fraction of sp³-hybridized carbons (Fsp3) is 0.115. The molecule has 3 aromatic rings. The Bertz CT molecular complexity index is 1130. The molecule has 3 aromatic carbocycles. The number of hydrazine groups is 1. The molecule has 0 aliphatic heterocycles. The molecule has 0 unspecified atom stereocenters. The van der Waals surface area contributed by atoms with Gasteiger partial charge in [0.05, 0.1) is 12.2 Å². The van der Waals surface area contributed by atoms with E-state index in [1.54, 1.807) is 54.6 Å². The average molecular weight is 476 g/mol. The van der Waals surface area contributed by atoms with Gasteiger partial charge in [-0.25, -0.2) is 0 Å². The van der Waals surface area contributed by atoms with Gasteiger partial charge < -0.3 is 9.47 Å². The normalized spacial score (nSPS) is 10.0. The lowest BCUT2D eigenvalue weighted by atomic mass is 10.2. The number of thiocarbonyl (C=S) groups is 1. The number of carbonyl (C=O) groups excluding carboxylic acids is 2. The second kappa shape index (κ2) is 12.8. The van der Waals surface area contributed by atoms with E-state index in [-0.39, 0.29) is 11.7 Å². The molecule has 34 heavy (non-hydrogen) atoms. The van der Waals surface area contributed by atoms with Crippen molar-refractivity contribution in [2.45, 2.75) is 6.42 Å². The Hall–Kier alpha value is -4.17. The number of hydrogen-bond donors (Lipinski definition) is 3. The van der Waals surface area contributed by atoms with Crippen LogP contribution in [0.25, 0.3) is 0 Å². The summed E-state index contributed by atoms with van der Waals surface area (Å²) in [5.74, 6) is 0.186. The molecule has 0 radical (unpaired) electrons. The summed E-state index contributed by atoms with van der Waals surface area (Å²) in [6.07, 6.45) is 2.38. The summed E-state index contributed by atoms with van der Waals surface area (Å²) in [5, 5.41) is 2.47. The van der Waals surface area contributed by atoms with E-state index in [9.17, 15) is 9.59 Å². The minimum Gasteiger partial charge on any atom is -0.493 e. The van der Waals surface area contributed by atoms with Crippen LogP contribution in [0.1, 0.15) is 26.3 Å². The van der Waals surface area contributed by atoms with Crippen molar-refractivity contribution in [3.05, 3.63) is 108 Å². The zero-order valence-electron chi connectivity index (χ0n) is 18.5. The van der Waals surface area contributed by atoms with Gasteiger partial charge in [0.2, 0.25) is 0 Å². The molecule has 0 saturated carbocycles. The smallest absolute Gasteiger partial charge is 0.273 e. The van der Waals surface area contributed by atoms with Gasteiger partial charge in [-0.15, -0.1) is 0 Å². The molecular formula is C26H25N3O4S. The van der Waals surface area contributed by atoms with E-state index in [1.165, 1.54) is 5.56 Å². The summed E-state index contributed by atoms with van der Waals surface area (Å²) in [6, 6.07) is 23.5. The maximum Gasteiger partial charge on any atom is 0.273 e. The highest BCUT2D eigenvalue weighted by atomic mass is 32.1. The summed E-state index contributed by atoms with van der Waals surface area (Å²) in [4.78, 5) is 24.9. The van der Waals surface area contributed by atoms with Gasteiger partial charge in [-0.3, -0.25) is 25.8 Å². The molecule has 0 aromatic heterocycles. The molecule has 0 atom stereocenters. The molecule has 3 rings (SSSR count). The number of rotatable bonds is 9. The van der Waals surface area contributed by atoms with E-state index in [0.29, 0.717) is 29.2 Å². The number of benzene rings is 3. The second-order valence-electron chi connectivity index (χ2n) is 7.07. The third-order valence-electron chi connectivity index (χ3n) is 4.62. The Morgan fingerprint density at radius 1 is 0.853 bits per heavy atom. The standard InChI is InChI=1S/C26H25N3O4S/c1-2-17-33-23-11-7-6-10-22(23)25(31)28-29-26(34)27-24(30)20-12-14-21(15-13-20)32-18-16-19-8-4-3-5-9-19/h2-15H,1,16-18H2,(H,28,31)(H2,27,29,30,34). The quantitative estimate of drug-likeness (QED) is 0.248. The minimum absolute atomic E-state index is 0.0500. The fourth-order valence-electron chi connectivity index (χ4n) is 2.95. The zero-order chi connectivity index (χ0) is 24.2. The van der Waals surface area contributed by atoms with Gasteiger partial charge in [0.15, 0.2) is 5.11 Å². The predicted molar refractivity (Wildman–Crippen MR) is 135 cm³/mol. The fourth-order valence-corrected chi connectivity index (χ4v) is 3.09. The van der Waals surface area contributed by atoms with Crippen LogP contribution in [0.15, 0.2) is 91.5 Å². The van der Waals surface area contributed by atoms with Crippen LogP contribution >= 0.6 is 12.2 Å². The van der Waals surface area contributed by atoms with Crippen molar-refractivity contribution < 1.29 is 19.1 Å². The summed E-state index contributed by atoms with van der Waals surface area (Å²) < 4.78 is 11.2. The van der Waals surface area contributed by atoms with Crippen LogP contribution in [0.3, 0.4) is 0 Å². The Balaban J connectivity index is 1.45. The van der Waals surface area contributed by atoms with Gasteiger partial charge in [0.1, 0.15) is 18.1 Å². The van der Waals surface area contributed by atoms with Gasteiger partial charge >= 0.3 is 0 Å². The Morgan fingerprint density at radius 3 is 2.29 bits per heavy atom. The van der Waals surface area contributed by atoms with Crippen molar-refractivity contribution in [2.75, 3.05) is 13.2 Å². The first-order chi connectivity index (χ1) is 16.6. The lowest BCUT2D eigenvalue weighted by molar-refractivity contribution is 0.0931. The molecule has 8 heteroatoms. The number of para-hydroxylation sites is 1. The first kappa shape index (κ1) is 24.5. The molecule has 0 aliphatic rings. The largest absolute Gasteiger partial charge is 0.493 e. The van der Waals surface area contributed by atoms with E-state index in [4.69, 9.17) is 21.7 Å². The second-order valence-corrected chi connectivity index (χ2v) is 7.47. The summed E-state index contributed by atoms with van der Waals surface area (Å²) >= 11 is 5.10. The molecule has 0 aliphatic carbocycles. The molecular weight excluding hydrogens is 450 g/mol. The van der Waals surface area contributed by atoms with Gasteiger partial charge in [-0.1, -0.05) is 55.1 Å². The first-order valence-electron chi connectivity index (χ1n) is 10.6. The number of hydrogen-bond acceptors (Lipinski definition) is 5. The van der Waals surface area contributed by atoms with Gasteiger partial charge in [0.25, 0.3) is 11.8 Å². The van der Waals surface area contributed by atoms with Gasteiger partial charge in [-0.05, 0) is 54.2 Å². The molecule has 0 spiro atoms. The van der Waals surface area contributed by atoms with Crippen LogP contribution in [0.2, 0.25) is 0 Å². The van der Waals surface area contributed by atoms with Crippen molar-refractivity contribution >= 4 is 29.1 Å². The van der Waals surface area contributed by atoms with Gasteiger partial charge in [0, 0.05) is 12.0 Å². The minimum atomic E-state index is -0.465. The summed E-state index contributed by atoms with van der Waals surface area (Å²) in [6.45, 7) is 4.39. The number of ether oxygens (including phenoxy) is 2. The maximum atomic E-state index is 12.4. The highest BCUT2D eigenvalue weighted by molar-refractivity contribution is 7.80. The van der Waals surface area contributed by atoms with E-state index in [2.05, 4.69) is 22.7 Å². The topological polar surface area (TPSA) is 88.7 Å². The molecule has 0 fully saturated rings. The molecule has 2 amide bonds. The zero-order valence-corrected chi connectivity index (χ0v) is 19.3. The van der Waals surface area contributed by atoms with Crippen molar-refractivity contribution in [3.8, 4) is 11.5 Å². The molecule has 0 bridgehead atoms. The van der Waals surface area contributed by atoms with Crippen LogP contribution in [0, 0.1) is 0 Å². The van der Waals surface area contributed by atoms with Crippen LogP contribution in [0.4, 0.5) is 0 Å². The van der Waals surface area contributed by atoms with Crippen molar-refractivity contribution in [2.24, 2.45) is 0 Å². The Kier molecular flexibility index (Phi) is 9.19. The lowest BCUT2D eigenvalue weighted by Crippen LogP contribution is -2.48. The van der Waals surface area contributed by atoms with E-state index < -0.39 is 11.8 Å². The van der Waals surface area contributed by atoms with Crippen LogP contribution in [-0.2, 0) is 6.42 Å².